The van der Waals surface area contributed by atoms with Crippen molar-refractivity contribution in [3.8, 4) is 0 Å². The van der Waals surface area contributed by atoms with E-state index in [2.05, 4.69) is 9.55 Å². The Bertz CT molecular complexity index is 442. The molecule has 5 nitrogen and oxygen atoms in total. The topological polar surface area (TPSA) is 64.2 Å². The van der Waals surface area contributed by atoms with E-state index in [0.717, 1.165) is 38.2 Å². The van der Waals surface area contributed by atoms with Gasteiger partial charge in [0.05, 0.1) is 6.54 Å². The number of hydrogen-bond donors (Lipinski definition) is 1. The summed E-state index contributed by atoms with van der Waals surface area (Å²) in [4.78, 5) is 18.8. The zero-order valence-electron chi connectivity index (χ0n) is 10.6. The second kappa shape index (κ2) is 4.72. The minimum atomic E-state index is 0.150. The van der Waals surface area contributed by atoms with Crippen LogP contribution in [-0.4, -0.2) is 33.4 Å². The Morgan fingerprint density at radius 2 is 2.33 bits per heavy atom. The number of aromatic nitrogens is 2. The molecule has 1 aromatic heterocycles. The molecule has 98 valence electrons. The van der Waals surface area contributed by atoms with Gasteiger partial charge in [0, 0.05) is 31.4 Å². The standard InChI is InChI=1S/C13H20N4O/c14-8-10-2-1-3-11(10)13(18)17-7-6-16-5-4-15-12(16)9-17/h4-5,10-11H,1-3,6-9,14H2. The highest BCUT2D eigenvalue weighted by Crippen LogP contribution is 2.33. The maximum absolute atomic E-state index is 12.5. The molecule has 2 N–H and O–H groups in total. The molecule has 0 bridgehead atoms. The van der Waals surface area contributed by atoms with Gasteiger partial charge in [0.25, 0.3) is 0 Å². The molecule has 0 spiro atoms. The van der Waals surface area contributed by atoms with Gasteiger partial charge in [-0.3, -0.25) is 4.79 Å². The summed E-state index contributed by atoms with van der Waals surface area (Å²) in [5.41, 5.74) is 5.76. The summed E-state index contributed by atoms with van der Waals surface area (Å²) < 4.78 is 2.12. The lowest BCUT2D eigenvalue weighted by molar-refractivity contribution is -0.138. The van der Waals surface area contributed by atoms with Crippen molar-refractivity contribution in [2.45, 2.75) is 32.4 Å². The molecule has 0 radical (unpaired) electrons. The van der Waals surface area contributed by atoms with Crippen LogP contribution in [0.25, 0.3) is 0 Å². The molecule has 18 heavy (non-hydrogen) atoms. The summed E-state index contributed by atoms with van der Waals surface area (Å²) in [5.74, 6) is 1.82. The molecule has 2 aliphatic rings. The van der Waals surface area contributed by atoms with Crippen molar-refractivity contribution in [1.29, 1.82) is 0 Å². The van der Waals surface area contributed by atoms with Crippen molar-refractivity contribution >= 4 is 5.91 Å². The van der Waals surface area contributed by atoms with Crippen LogP contribution in [0.5, 0.6) is 0 Å². The normalized spacial score (nSPS) is 27.3. The maximum Gasteiger partial charge on any atom is 0.226 e. The Balaban J connectivity index is 1.71. The lowest BCUT2D eigenvalue weighted by atomic mass is 9.94. The van der Waals surface area contributed by atoms with E-state index in [1.807, 2.05) is 17.3 Å². The van der Waals surface area contributed by atoms with Crippen molar-refractivity contribution in [1.82, 2.24) is 14.5 Å². The number of fused-ring (bicyclic) bond motifs is 1. The first-order chi connectivity index (χ1) is 8.79. The highest BCUT2D eigenvalue weighted by molar-refractivity contribution is 5.79. The Morgan fingerprint density at radius 3 is 3.17 bits per heavy atom. The van der Waals surface area contributed by atoms with Crippen molar-refractivity contribution in [2.75, 3.05) is 13.1 Å². The molecule has 1 fully saturated rings. The molecule has 2 atom stereocenters. The van der Waals surface area contributed by atoms with Crippen LogP contribution in [0.2, 0.25) is 0 Å². The lowest BCUT2D eigenvalue weighted by Gasteiger charge is -2.31. The van der Waals surface area contributed by atoms with E-state index in [-0.39, 0.29) is 11.8 Å². The zero-order valence-corrected chi connectivity index (χ0v) is 10.6. The highest BCUT2D eigenvalue weighted by Gasteiger charge is 2.35. The number of imidazole rings is 1. The number of hydrogen-bond acceptors (Lipinski definition) is 3. The molecule has 2 heterocycles. The zero-order chi connectivity index (χ0) is 12.5. The van der Waals surface area contributed by atoms with E-state index in [9.17, 15) is 4.79 Å². The monoisotopic (exact) mass is 248 g/mol. The average Bonchev–Trinajstić information content (AvgIpc) is 3.05. The van der Waals surface area contributed by atoms with Gasteiger partial charge in [-0.1, -0.05) is 6.42 Å². The van der Waals surface area contributed by atoms with Gasteiger partial charge in [-0.05, 0) is 25.3 Å². The summed E-state index contributed by atoms with van der Waals surface area (Å²) >= 11 is 0. The Hall–Kier alpha value is -1.36. The predicted molar refractivity (Wildman–Crippen MR) is 67.5 cm³/mol. The first-order valence-corrected chi connectivity index (χ1v) is 6.78. The Labute approximate surface area is 107 Å². The van der Waals surface area contributed by atoms with Crippen LogP contribution in [-0.2, 0) is 17.9 Å². The summed E-state index contributed by atoms with van der Waals surface area (Å²) in [6.07, 6.45) is 7.04. The van der Waals surface area contributed by atoms with Gasteiger partial charge >= 0.3 is 0 Å². The smallest absolute Gasteiger partial charge is 0.226 e. The van der Waals surface area contributed by atoms with Gasteiger partial charge in [-0.2, -0.15) is 0 Å². The third-order valence-corrected chi connectivity index (χ3v) is 4.34. The van der Waals surface area contributed by atoms with E-state index in [1.165, 1.54) is 0 Å². The number of carbonyl (C=O) groups excluding carboxylic acids is 1. The van der Waals surface area contributed by atoms with Crippen molar-refractivity contribution in [3.63, 3.8) is 0 Å². The van der Waals surface area contributed by atoms with Crippen LogP contribution < -0.4 is 5.73 Å². The van der Waals surface area contributed by atoms with E-state index >= 15 is 0 Å². The molecule has 0 saturated heterocycles. The summed E-state index contributed by atoms with van der Waals surface area (Å²) in [6, 6.07) is 0. The largest absolute Gasteiger partial charge is 0.333 e. The van der Waals surface area contributed by atoms with Crippen molar-refractivity contribution < 1.29 is 4.79 Å². The van der Waals surface area contributed by atoms with Gasteiger partial charge in [0.2, 0.25) is 5.91 Å². The van der Waals surface area contributed by atoms with E-state index in [4.69, 9.17) is 5.73 Å². The first kappa shape index (κ1) is 11.7. The lowest BCUT2D eigenvalue weighted by Crippen LogP contribution is -2.43. The van der Waals surface area contributed by atoms with Gasteiger partial charge in [0.15, 0.2) is 0 Å². The average molecular weight is 248 g/mol. The van der Waals surface area contributed by atoms with E-state index in [0.29, 0.717) is 19.0 Å². The second-order valence-corrected chi connectivity index (χ2v) is 5.33. The molecule has 1 aliphatic heterocycles. The fourth-order valence-electron chi connectivity index (χ4n) is 3.24. The number of rotatable bonds is 2. The number of carbonyl (C=O) groups is 1. The van der Waals surface area contributed by atoms with Crippen molar-refractivity contribution in [3.05, 3.63) is 18.2 Å². The molecule has 1 amide bonds. The number of nitrogens with zero attached hydrogens (tertiary/aromatic N) is 3. The van der Waals surface area contributed by atoms with Crippen LogP contribution in [0.1, 0.15) is 25.1 Å². The fraction of sp³-hybridized carbons (Fsp3) is 0.692. The molecule has 5 heteroatoms. The molecule has 2 unspecified atom stereocenters. The van der Waals surface area contributed by atoms with Gasteiger partial charge in [-0.15, -0.1) is 0 Å². The first-order valence-electron chi connectivity index (χ1n) is 6.78. The third kappa shape index (κ3) is 1.92. The van der Waals surface area contributed by atoms with Crippen LogP contribution in [0.15, 0.2) is 12.4 Å². The third-order valence-electron chi connectivity index (χ3n) is 4.34. The second-order valence-electron chi connectivity index (χ2n) is 5.33. The fourth-order valence-corrected chi connectivity index (χ4v) is 3.24. The summed E-state index contributed by atoms with van der Waals surface area (Å²) in [6.45, 7) is 2.95. The Kier molecular flexibility index (Phi) is 3.07. The van der Waals surface area contributed by atoms with E-state index in [1.54, 1.807) is 0 Å². The van der Waals surface area contributed by atoms with Crippen LogP contribution in [0.3, 0.4) is 0 Å². The molecule has 0 aromatic carbocycles. The molecular formula is C13H20N4O. The molecule has 3 rings (SSSR count). The quantitative estimate of drug-likeness (QED) is 0.833. The molecule has 1 saturated carbocycles. The van der Waals surface area contributed by atoms with Gasteiger partial charge < -0.3 is 15.2 Å². The number of amides is 1. The Morgan fingerprint density at radius 1 is 1.44 bits per heavy atom. The highest BCUT2D eigenvalue weighted by atomic mass is 16.2. The number of nitrogens with two attached hydrogens (primary N) is 1. The minimum Gasteiger partial charge on any atom is -0.333 e. The summed E-state index contributed by atoms with van der Waals surface area (Å²) in [7, 11) is 0. The minimum absolute atomic E-state index is 0.150. The molecular weight excluding hydrogens is 228 g/mol. The van der Waals surface area contributed by atoms with E-state index < -0.39 is 0 Å². The van der Waals surface area contributed by atoms with Crippen molar-refractivity contribution in [2.24, 2.45) is 17.6 Å². The maximum atomic E-state index is 12.5. The van der Waals surface area contributed by atoms with Gasteiger partial charge in [0.1, 0.15) is 5.82 Å². The van der Waals surface area contributed by atoms with Crippen LogP contribution in [0, 0.1) is 11.8 Å². The SMILES string of the molecule is NCC1CCCC1C(=O)N1CCn2ccnc2C1. The van der Waals surface area contributed by atoms with Crippen LogP contribution >= 0.6 is 0 Å². The predicted octanol–water partition coefficient (Wildman–Crippen LogP) is 0.600. The molecule has 1 aliphatic carbocycles. The molecule has 1 aromatic rings. The summed E-state index contributed by atoms with van der Waals surface area (Å²) in [5, 5.41) is 0. The van der Waals surface area contributed by atoms with Gasteiger partial charge in [-0.25, -0.2) is 4.98 Å². The van der Waals surface area contributed by atoms with Crippen LogP contribution in [0.4, 0.5) is 0 Å².